The second-order valence-electron chi connectivity index (χ2n) is 3.61. The summed E-state index contributed by atoms with van der Waals surface area (Å²) in [6, 6.07) is 8.50. The highest BCUT2D eigenvalue weighted by Crippen LogP contribution is 2.34. The third-order valence-corrected chi connectivity index (χ3v) is 3.39. The van der Waals surface area contributed by atoms with Gasteiger partial charge >= 0.3 is 0 Å². The van der Waals surface area contributed by atoms with Gasteiger partial charge in [-0.2, -0.15) is 0 Å². The highest BCUT2D eigenvalue weighted by atomic mass is 32.2. The van der Waals surface area contributed by atoms with Crippen molar-refractivity contribution < 1.29 is 9.50 Å². The van der Waals surface area contributed by atoms with Crippen LogP contribution >= 0.6 is 11.8 Å². The first-order chi connectivity index (χ1) is 8.18. The van der Waals surface area contributed by atoms with Gasteiger partial charge in [0.15, 0.2) is 0 Å². The summed E-state index contributed by atoms with van der Waals surface area (Å²) in [6.45, 7) is 1.56. The van der Waals surface area contributed by atoms with Crippen molar-refractivity contribution in [2.45, 2.75) is 22.8 Å². The summed E-state index contributed by atoms with van der Waals surface area (Å²) in [5.41, 5.74) is 0.342. The predicted octanol–water partition coefficient (Wildman–Crippen LogP) is 3.43. The van der Waals surface area contributed by atoms with Crippen molar-refractivity contribution in [3.05, 3.63) is 54.1 Å². The quantitative estimate of drug-likeness (QED) is 0.904. The molecule has 2 aromatic rings. The van der Waals surface area contributed by atoms with Gasteiger partial charge < -0.3 is 5.11 Å². The zero-order valence-corrected chi connectivity index (χ0v) is 10.1. The Labute approximate surface area is 104 Å². The molecule has 0 amide bonds. The summed E-state index contributed by atoms with van der Waals surface area (Å²) < 4.78 is 13.6. The maximum Gasteiger partial charge on any atom is 0.130 e. The molecule has 17 heavy (non-hydrogen) atoms. The molecule has 1 heterocycles. The molecule has 1 aromatic heterocycles. The smallest absolute Gasteiger partial charge is 0.130 e. The first kappa shape index (κ1) is 12.1. The number of halogens is 1. The standard InChI is InChI=1S/C13H12FNOS/c1-9(16)13-11(14)3-2-4-12(13)17-10-5-7-15-8-6-10/h2-9,16H,1H3/t9-/m1/s1. The molecule has 1 atom stereocenters. The summed E-state index contributed by atoms with van der Waals surface area (Å²) in [7, 11) is 0. The van der Waals surface area contributed by atoms with E-state index in [1.165, 1.54) is 17.8 Å². The molecule has 0 fully saturated rings. The van der Waals surface area contributed by atoms with E-state index in [1.54, 1.807) is 31.5 Å². The van der Waals surface area contributed by atoms with Crippen LogP contribution in [0.25, 0.3) is 0 Å². The van der Waals surface area contributed by atoms with Crippen LogP contribution in [0.4, 0.5) is 4.39 Å². The molecule has 0 unspecified atom stereocenters. The van der Waals surface area contributed by atoms with Crippen LogP contribution < -0.4 is 0 Å². The van der Waals surface area contributed by atoms with Crippen LogP contribution in [0.1, 0.15) is 18.6 Å². The number of rotatable bonds is 3. The predicted molar refractivity (Wildman–Crippen MR) is 65.4 cm³/mol. The van der Waals surface area contributed by atoms with Gasteiger partial charge in [-0.1, -0.05) is 17.8 Å². The zero-order chi connectivity index (χ0) is 12.3. The van der Waals surface area contributed by atoms with Crippen molar-refractivity contribution in [2.24, 2.45) is 0 Å². The van der Waals surface area contributed by atoms with Crippen LogP contribution in [0.3, 0.4) is 0 Å². The summed E-state index contributed by atoms with van der Waals surface area (Å²) in [6.07, 6.45) is 2.55. The Kier molecular flexibility index (Phi) is 3.76. The minimum absolute atomic E-state index is 0.342. The largest absolute Gasteiger partial charge is 0.389 e. The van der Waals surface area contributed by atoms with E-state index in [0.717, 1.165) is 9.79 Å². The second kappa shape index (κ2) is 5.29. The number of aliphatic hydroxyl groups excluding tert-OH is 1. The number of aromatic nitrogens is 1. The fraction of sp³-hybridized carbons (Fsp3) is 0.154. The van der Waals surface area contributed by atoms with Gasteiger partial charge in [0.05, 0.1) is 6.10 Å². The van der Waals surface area contributed by atoms with Crippen LogP contribution in [0.2, 0.25) is 0 Å². The van der Waals surface area contributed by atoms with Crippen molar-refractivity contribution in [3.63, 3.8) is 0 Å². The molecule has 1 aromatic carbocycles. The van der Waals surface area contributed by atoms with Gasteiger partial charge in [-0.25, -0.2) is 4.39 Å². The lowest BCUT2D eigenvalue weighted by Gasteiger charge is -2.12. The van der Waals surface area contributed by atoms with E-state index >= 15 is 0 Å². The van der Waals surface area contributed by atoms with Gasteiger partial charge in [0.25, 0.3) is 0 Å². The number of nitrogens with zero attached hydrogens (tertiary/aromatic N) is 1. The van der Waals surface area contributed by atoms with Crippen LogP contribution in [0.5, 0.6) is 0 Å². The Bertz CT molecular complexity index is 502. The zero-order valence-electron chi connectivity index (χ0n) is 9.30. The average molecular weight is 249 g/mol. The first-order valence-electron chi connectivity index (χ1n) is 5.23. The van der Waals surface area contributed by atoms with Gasteiger partial charge in [0, 0.05) is 27.7 Å². The van der Waals surface area contributed by atoms with Crippen molar-refractivity contribution in [2.75, 3.05) is 0 Å². The molecule has 0 bridgehead atoms. The molecule has 2 nitrogen and oxygen atoms in total. The molecule has 0 aliphatic carbocycles. The fourth-order valence-corrected chi connectivity index (χ4v) is 2.58. The highest BCUT2D eigenvalue weighted by molar-refractivity contribution is 7.99. The summed E-state index contributed by atoms with van der Waals surface area (Å²) in [5, 5.41) is 9.60. The lowest BCUT2D eigenvalue weighted by Crippen LogP contribution is -1.98. The van der Waals surface area contributed by atoms with Gasteiger partial charge in [-0.15, -0.1) is 0 Å². The van der Waals surface area contributed by atoms with E-state index in [-0.39, 0.29) is 5.82 Å². The molecule has 88 valence electrons. The van der Waals surface area contributed by atoms with Crippen LogP contribution in [-0.4, -0.2) is 10.1 Å². The van der Waals surface area contributed by atoms with E-state index in [2.05, 4.69) is 4.98 Å². The maximum atomic E-state index is 13.6. The Morgan fingerprint density at radius 2 is 1.94 bits per heavy atom. The van der Waals surface area contributed by atoms with Crippen molar-refractivity contribution in [3.8, 4) is 0 Å². The van der Waals surface area contributed by atoms with E-state index in [1.807, 2.05) is 12.1 Å². The lowest BCUT2D eigenvalue weighted by atomic mass is 10.1. The summed E-state index contributed by atoms with van der Waals surface area (Å²) >= 11 is 1.42. The molecule has 0 saturated heterocycles. The maximum absolute atomic E-state index is 13.6. The molecular weight excluding hydrogens is 237 g/mol. The van der Waals surface area contributed by atoms with E-state index < -0.39 is 6.10 Å². The number of pyridine rings is 1. The molecule has 1 N–H and O–H groups in total. The first-order valence-corrected chi connectivity index (χ1v) is 6.04. The van der Waals surface area contributed by atoms with Crippen molar-refractivity contribution in [1.82, 2.24) is 4.98 Å². The summed E-state index contributed by atoms with van der Waals surface area (Å²) in [4.78, 5) is 5.62. The molecule has 0 aliphatic rings. The molecule has 0 aliphatic heterocycles. The number of aliphatic hydroxyl groups is 1. The molecular formula is C13H12FNOS. The highest BCUT2D eigenvalue weighted by Gasteiger charge is 2.14. The van der Waals surface area contributed by atoms with Gasteiger partial charge in [0.2, 0.25) is 0 Å². The molecule has 4 heteroatoms. The van der Waals surface area contributed by atoms with Gasteiger partial charge in [-0.3, -0.25) is 4.98 Å². The lowest BCUT2D eigenvalue weighted by molar-refractivity contribution is 0.191. The second-order valence-corrected chi connectivity index (χ2v) is 4.73. The minimum atomic E-state index is -0.819. The van der Waals surface area contributed by atoms with Gasteiger partial charge in [0.1, 0.15) is 5.82 Å². The Balaban J connectivity index is 2.36. The van der Waals surface area contributed by atoms with Crippen LogP contribution in [0, 0.1) is 5.82 Å². The number of benzene rings is 1. The average Bonchev–Trinajstić information content (AvgIpc) is 2.30. The molecule has 0 saturated carbocycles. The topological polar surface area (TPSA) is 33.1 Å². The Morgan fingerprint density at radius 3 is 2.59 bits per heavy atom. The Morgan fingerprint density at radius 1 is 1.24 bits per heavy atom. The monoisotopic (exact) mass is 249 g/mol. The molecule has 0 radical (unpaired) electrons. The fourth-order valence-electron chi connectivity index (χ4n) is 1.54. The minimum Gasteiger partial charge on any atom is -0.389 e. The van der Waals surface area contributed by atoms with Crippen LogP contribution in [-0.2, 0) is 0 Å². The summed E-state index contributed by atoms with van der Waals surface area (Å²) in [5.74, 6) is -0.376. The van der Waals surface area contributed by atoms with Crippen molar-refractivity contribution >= 4 is 11.8 Å². The van der Waals surface area contributed by atoms with Crippen LogP contribution in [0.15, 0.2) is 52.5 Å². The van der Waals surface area contributed by atoms with E-state index in [4.69, 9.17) is 0 Å². The molecule has 0 spiro atoms. The number of hydrogen-bond donors (Lipinski definition) is 1. The van der Waals surface area contributed by atoms with E-state index in [0.29, 0.717) is 5.56 Å². The number of hydrogen-bond acceptors (Lipinski definition) is 3. The Hall–Kier alpha value is -1.39. The van der Waals surface area contributed by atoms with Crippen molar-refractivity contribution in [1.29, 1.82) is 0 Å². The molecule has 2 rings (SSSR count). The third kappa shape index (κ3) is 2.84. The normalized spacial score (nSPS) is 12.4. The van der Waals surface area contributed by atoms with Gasteiger partial charge in [-0.05, 0) is 31.2 Å². The van der Waals surface area contributed by atoms with E-state index in [9.17, 15) is 9.50 Å². The SMILES string of the molecule is C[C@@H](O)c1c(F)cccc1Sc1ccncc1. The third-order valence-electron chi connectivity index (χ3n) is 2.31.